The van der Waals surface area contributed by atoms with E-state index < -0.39 is 5.25 Å². The number of fused-ring (bicyclic) bond motifs is 1. The molecule has 1 aromatic carbocycles. The van der Waals surface area contributed by atoms with Crippen molar-refractivity contribution in [2.24, 2.45) is 0 Å². The summed E-state index contributed by atoms with van der Waals surface area (Å²) in [6.45, 7) is 7.86. The molecule has 0 amide bonds. The molecule has 0 saturated carbocycles. The van der Waals surface area contributed by atoms with Crippen LogP contribution in [-0.4, -0.2) is 33.1 Å². The third-order valence-electron chi connectivity index (χ3n) is 4.16. The Balaban J connectivity index is 2.19. The van der Waals surface area contributed by atoms with E-state index in [4.69, 9.17) is 9.72 Å². The summed E-state index contributed by atoms with van der Waals surface area (Å²) in [5.74, 6) is -0.334. The van der Waals surface area contributed by atoms with Gasteiger partial charge < -0.3 is 4.74 Å². The number of ether oxygens (including phenoxy) is 1. The zero-order valence-electron chi connectivity index (χ0n) is 15.5. The molecule has 0 bridgehead atoms. The van der Waals surface area contributed by atoms with Crippen LogP contribution in [0.3, 0.4) is 0 Å². The van der Waals surface area contributed by atoms with E-state index in [1.807, 2.05) is 26.0 Å². The minimum absolute atomic E-state index is 0.0612. The molecule has 7 heteroatoms. The van der Waals surface area contributed by atoms with Gasteiger partial charge in [-0.1, -0.05) is 24.8 Å². The average molecular weight is 391 g/mol. The molecular formula is C19H22N2O3S2. The maximum Gasteiger partial charge on any atom is 0.318 e. The summed E-state index contributed by atoms with van der Waals surface area (Å²) in [5, 5.41) is 0.413. The fraction of sp³-hybridized carbons (Fsp3) is 0.421. The molecule has 1 aliphatic rings. The lowest BCUT2D eigenvalue weighted by Gasteiger charge is -2.16. The lowest BCUT2D eigenvalue weighted by molar-refractivity contribution is -0.139. The van der Waals surface area contributed by atoms with E-state index in [2.05, 4.69) is 13.0 Å². The molecule has 0 radical (unpaired) electrons. The van der Waals surface area contributed by atoms with Crippen LogP contribution in [0.15, 0.2) is 33.0 Å². The molecule has 0 saturated heterocycles. The molecule has 2 aromatic rings. The summed E-state index contributed by atoms with van der Waals surface area (Å²) in [6.07, 6.45) is 0.767. The third kappa shape index (κ3) is 3.69. The lowest BCUT2D eigenvalue weighted by atomic mass is 10.1. The highest BCUT2D eigenvalue weighted by Gasteiger charge is 2.28. The molecule has 138 valence electrons. The molecule has 1 aliphatic heterocycles. The van der Waals surface area contributed by atoms with Gasteiger partial charge in [0.25, 0.3) is 5.56 Å². The number of carbonyl (C=O) groups is 1. The molecule has 0 spiro atoms. The number of thioether (sulfide) groups is 2. The smallest absolute Gasteiger partial charge is 0.318 e. The molecule has 5 nitrogen and oxygen atoms in total. The Morgan fingerprint density at radius 3 is 2.62 bits per heavy atom. The maximum absolute atomic E-state index is 13.2. The first kappa shape index (κ1) is 19.0. The number of nitrogens with zero attached hydrogens (tertiary/aromatic N) is 2. The first-order valence-corrected chi connectivity index (χ1v) is 10.2. The molecular weight excluding hydrogens is 368 g/mol. The Morgan fingerprint density at radius 2 is 2.00 bits per heavy atom. The zero-order valence-corrected chi connectivity index (χ0v) is 17.2. The number of carbonyl (C=O) groups excluding carboxylic acids is 1. The number of rotatable bonds is 4. The van der Waals surface area contributed by atoms with Gasteiger partial charge in [0.05, 0.1) is 23.4 Å². The molecule has 0 aliphatic carbocycles. The Bertz CT molecular complexity index is 903. The summed E-state index contributed by atoms with van der Waals surface area (Å²) < 4.78 is 6.46. The van der Waals surface area contributed by atoms with Gasteiger partial charge in [0.1, 0.15) is 5.25 Å². The van der Waals surface area contributed by atoms with Crippen LogP contribution in [0.25, 0.3) is 5.69 Å². The summed E-state index contributed by atoms with van der Waals surface area (Å²) in [7, 11) is 1.37. The lowest BCUT2D eigenvalue weighted by Crippen LogP contribution is -2.25. The molecule has 0 unspecified atom stereocenters. The average Bonchev–Trinajstić information content (AvgIpc) is 2.94. The van der Waals surface area contributed by atoms with Gasteiger partial charge in [0.15, 0.2) is 5.16 Å². The standard InChI is InChI=1S/C19H22N2O3S2/c1-10-6-11(2)8-14(7-10)21-17(22)16-15(9-12(3)25-16)20-19(21)26-13(4)18(23)24-5/h6-8,12-13H,9H2,1-5H3/t12-,13-/m0/s1. The molecule has 26 heavy (non-hydrogen) atoms. The van der Waals surface area contributed by atoms with Gasteiger partial charge in [0.2, 0.25) is 0 Å². The summed E-state index contributed by atoms with van der Waals surface area (Å²) in [6, 6.07) is 6.01. The maximum atomic E-state index is 13.2. The van der Waals surface area contributed by atoms with Crippen molar-refractivity contribution in [2.75, 3.05) is 7.11 Å². The normalized spacial score (nSPS) is 17.0. The van der Waals surface area contributed by atoms with Gasteiger partial charge in [-0.3, -0.25) is 14.2 Å². The highest BCUT2D eigenvalue weighted by atomic mass is 32.2. The van der Waals surface area contributed by atoms with Gasteiger partial charge in [-0.05, 0) is 44.0 Å². The molecule has 2 heterocycles. The van der Waals surface area contributed by atoms with Crippen LogP contribution in [0.1, 0.15) is 30.7 Å². The zero-order chi connectivity index (χ0) is 19.0. The second-order valence-electron chi connectivity index (χ2n) is 6.57. The molecule has 3 rings (SSSR count). The van der Waals surface area contributed by atoms with E-state index in [0.717, 1.165) is 28.9 Å². The second kappa shape index (κ2) is 7.48. The Kier molecular flexibility index (Phi) is 5.48. The molecule has 2 atom stereocenters. The Morgan fingerprint density at radius 1 is 1.35 bits per heavy atom. The predicted molar refractivity (Wildman–Crippen MR) is 106 cm³/mol. The number of aryl methyl sites for hydroxylation is 2. The molecule has 0 fully saturated rings. The number of aromatic nitrogens is 2. The molecule has 1 aromatic heterocycles. The minimum atomic E-state index is -0.450. The van der Waals surface area contributed by atoms with Crippen molar-refractivity contribution in [3.8, 4) is 5.69 Å². The van der Waals surface area contributed by atoms with Crippen LogP contribution >= 0.6 is 23.5 Å². The van der Waals surface area contributed by atoms with Crippen molar-refractivity contribution in [1.82, 2.24) is 9.55 Å². The van der Waals surface area contributed by atoms with Crippen LogP contribution in [0, 0.1) is 13.8 Å². The van der Waals surface area contributed by atoms with Gasteiger partial charge in [0, 0.05) is 11.7 Å². The van der Waals surface area contributed by atoms with Crippen LogP contribution in [0.2, 0.25) is 0 Å². The quantitative estimate of drug-likeness (QED) is 0.452. The fourth-order valence-electron chi connectivity index (χ4n) is 3.06. The van der Waals surface area contributed by atoms with E-state index in [0.29, 0.717) is 15.3 Å². The van der Waals surface area contributed by atoms with Crippen molar-refractivity contribution in [3.05, 3.63) is 45.4 Å². The summed E-state index contributed by atoms with van der Waals surface area (Å²) in [5.41, 5.74) is 3.69. The second-order valence-corrected chi connectivity index (χ2v) is 9.33. The van der Waals surface area contributed by atoms with Gasteiger partial charge in [-0.25, -0.2) is 4.98 Å². The van der Waals surface area contributed by atoms with Crippen molar-refractivity contribution >= 4 is 29.5 Å². The van der Waals surface area contributed by atoms with Gasteiger partial charge in [-0.2, -0.15) is 0 Å². The van der Waals surface area contributed by atoms with Crippen LogP contribution in [0.5, 0.6) is 0 Å². The number of hydrogen-bond donors (Lipinski definition) is 0. The van der Waals surface area contributed by atoms with Crippen molar-refractivity contribution in [3.63, 3.8) is 0 Å². The van der Waals surface area contributed by atoms with Crippen LogP contribution in [0.4, 0.5) is 0 Å². The summed E-state index contributed by atoms with van der Waals surface area (Å²) in [4.78, 5) is 30.6. The van der Waals surface area contributed by atoms with Crippen LogP contribution < -0.4 is 5.56 Å². The number of esters is 1. The SMILES string of the molecule is COC(=O)[C@H](C)Sc1nc2c(c(=O)n1-c1cc(C)cc(C)c1)S[C@@H](C)C2. The first-order chi connectivity index (χ1) is 12.3. The third-order valence-corrected chi connectivity index (χ3v) is 6.41. The van der Waals surface area contributed by atoms with Gasteiger partial charge in [-0.15, -0.1) is 11.8 Å². The molecule has 0 N–H and O–H groups in total. The Hall–Kier alpha value is -1.73. The van der Waals surface area contributed by atoms with Gasteiger partial charge >= 0.3 is 5.97 Å². The van der Waals surface area contributed by atoms with Crippen molar-refractivity contribution < 1.29 is 9.53 Å². The number of methoxy groups -OCH3 is 1. The highest BCUT2D eigenvalue weighted by Crippen LogP contribution is 2.35. The van der Waals surface area contributed by atoms with E-state index >= 15 is 0 Å². The minimum Gasteiger partial charge on any atom is -0.468 e. The van der Waals surface area contributed by atoms with E-state index in [1.54, 1.807) is 23.3 Å². The topological polar surface area (TPSA) is 61.2 Å². The largest absolute Gasteiger partial charge is 0.468 e. The summed E-state index contributed by atoms with van der Waals surface area (Å²) >= 11 is 2.84. The highest BCUT2D eigenvalue weighted by molar-refractivity contribution is 8.00. The monoisotopic (exact) mass is 390 g/mol. The van der Waals surface area contributed by atoms with E-state index in [1.165, 1.54) is 18.9 Å². The first-order valence-electron chi connectivity index (χ1n) is 8.46. The van der Waals surface area contributed by atoms with Crippen molar-refractivity contribution in [2.45, 2.75) is 54.7 Å². The number of benzene rings is 1. The van der Waals surface area contributed by atoms with E-state index in [9.17, 15) is 9.59 Å². The van der Waals surface area contributed by atoms with Crippen LogP contribution in [-0.2, 0) is 16.0 Å². The Labute approximate surface area is 161 Å². The van der Waals surface area contributed by atoms with E-state index in [-0.39, 0.29) is 11.5 Å². The fourth-order valence-corrected chi connectivity index (χ4v) is 5.12. The van der Waals surface area contributed by atoms with Crippen molar-refractivity contribution in [1.29, 1.82) is 0 Å². The predicted octanol–water partition coefficient (Wildman–Crippen LogP) is 3.54. The number of hydrogen-bond acceptors (Lipinski definition) is 6.